The number of carbonyl (C=O) groups is 2. The van der Waals surface area contributed by atoms with Crippen molar-refractivity contribution < 1.29 is 23.9 Å². The normalized spacial score (nSPS) is 13.3. The number of likely N-dealkylation sites (N-methyl/N-ethyl adjacent to an activating group) is 1. The molecule has 0 bridgehead atoms. The maximum atomic E-state index is 11.4. The van der Waals surface area contributed by atoms with E-state index in [1.165, 1.54) is 0 Å². The van der Waals surface area contributed by atoms with Crippen LogP contribution in [0.3, 0.4) is 0 Å². The predicted molar refractivity (Wildman–Crippen MR) is 63.7 cm³/mol. The third-order valence-corrected chi connectivity index (χ3v) is 1.83. The molecule has 0 aliphatic rings. The van der Waals surface area contributed by atoms with Gasteiger partial charge in [-0.3, -0.25) is 4.79 Å². The lowest BCUT2D eigenvalue weighted by Gasteiger charge is -2.28. The topological polar surface area (TPSA) is 75.6 Å². The Morgan fingerprint density at radius 2 is 1.82 bits per heavy atom. The highest BCUT2D eigenvalue weighted by atomic mass is 16.6. The molecule has 0 fully saturated rings. The summed E-state index contributed by atoms with van der Waals surface area (Å²) in [7, 11) is 5.75. The van der Waals surface area contributed by atoms with Crippen LogP contribution in [0, 0.1) is 0 Å². The fraction of sp³-hybridized carbons (Fsp3) is 0.818. The highest BCUT2D eigenvalue weighted by Gasteiger charge is 2.24. The molecule has 0 aromatic heterocycles. The van der Waals surface area contributed by atoms with Gasteiger partial charge >= 0.3 is 12.1 Å². The first-order valence-electron chi connectivity index (χ1n) is 5.59. The molecule has 0 radical (unpaired) electrons. The Hall–Kier alpha value is -1.30. The van der Waals surface area contributed by atoms with Crippen molar-refractivity contribution in [2.45, 2.75) is 32.4 Å². The summed E-state index contributed by atoms with van der Waals surface area (Å²) in [4.78, 5) is 22.1. The Morgan fingerprint density at radius 1 is 1.29 bits per heavy atom. The number of carboxylic acid groups (broad SMARTS) is 1. The van der Waals surface area contributed by atoms with Gasteiger partial charge in [0, 0.05) is 6.04 Å². The van der Waals surface area contributed by atoms with Gasteiger partial charge in [0.1, 0.15) is 6.54 Å². The summed E-state index contributed by atoms with van der Waals surface area (Å²) in [6, 6.07) is -0.0305. The van der Waals surface area contributed by atoms with E-state index in [2.05, 4.69) is 5.32 Å². The van der Waals surface area contributed by atoms with E-state index in [1.54, 1.807) is 0 Å². The lowest BCUT2D eigenvalue weighted by Crippen LogP contribution is -2.45. The fourth-order valence-electron chi connectivity index (χ4n) is 1.37. The Labute approximate surface area is 102 Å². The van der Waals surface area contributed by atoms with Gasteiger partial charge in [0.15, 0.2) is 6.10 Å². The van der Waals surface area contributed by atoms with Gasteiger partial charge in [0.25, 0.3) is 0 Å². The molecule has 6 nitrogen and oxygen atoms in total. The minimum Gasteiger partial charge on any atom is -0.481 e. The van der Waals surface area contributed by atoms with E-state index in [1.807, 2.05) is 35.0 Å². The number of nitrogens with one attached hydrogen (secondary N) is 1. The average Bonchev–Trinajstić information content (AvgIpc) is 1.95. The number of carbonyl (C=O) groups excluding carboxylic acids is 1. The first-order valence-corrected chi connectivity index (χ1v) is 5.59. The van der Waals surface area contributed by atoms with Crippen molar-refractivity contribution in [3.8, 4) is 0 Å². The van der Waals surface area contributed by atoms with Crippen LogP contribution in [-0.2, 0) is 9.53 Å². The number of nitrogens with zero attached hydrogens (tertiary/aromatic N) is 1. The van der Waals surface area contributed by atoms with Gasteiger partial charge in [-0.25, -0.2) is 4.79 Å². The minimum absolute atomic E-state index is 0.0305. The summed E-state index contributed by atoms with van der Waals surface area (Å²) >= 11 is 0. The van der Waals surface area contributed by atoms with E-state index in [-0.39, 0.29) is 12.5 Å². The van der Waals surface area contributed by atoms with E-state index in [9.17, 15) is 9.59 Å². The lowest BCUT2D eigenvalue weighted by molar-refractivity contribution is -0.873. The molecule has 0 heterocycles. The molecule has 0 aromatic rings. The Bertz CT molecular complexity index is 271. The smallest absolute Gasteiger partial charge is 0.407 e. The van der Waals surface area contributed by atoms with Crippen LogP contribution in [0.5, 0.6) is 0 Å². The summed E-state index contributed by atoms with van der Waals surface area (Å²) < 4.78 is 5.64. The standard InChI is InChI=1S/C11H22N2O4/c1-8(2)12-11(16)17-9(6-10(14)15)7-13(3,4)5/h8-9H,6-7H2,1-5H3,(H-,12,14,15,16)/p+1/t9-/m0/s1. The van der Waals surface area contributed by atoms with Crippen molar-refractivity contribution in [2.75, 3.05) is 27.7 Å². The molecule has 0 saturated heterocycles. The Balaban J connectivity index is 4.38. The van der Waals surface area contributed by atoms with E-state index in [0.717, 1.165) is 0 Å². The number of alkyl carbamates (subject to hydrolysis) is 1. The van der Waals surface area contributed by atoms with Crippen LogP contribution in [0.4, 0.5) is 4.79 Å². The zero-order valence-electron chi connectivity index (χ0n) is 11.2. The van der Waals surface area contributed by atoms with Crippen molar-refractivity contribution in [3.05, 3.63) is 0 Å². The third kappa shape index (κ3) is 9.62. The van der Waals surface area contributed by atoms with Crippen LogP contribution in [0.1, 0.15) is 20.3 Å². The molecule has 0 unspecified atom stereocenters. The Morgan fingerprint density at radius 3 is 2.18 bits per heavy atom. The summed E-state index contributed by atoms with van der Waals surface area (Å²) in [5, 5.41) is 11.3. The second-order valence-electron chi connectivity index (χ2n) is 5.40. The minimum atomic E-state index is -0.971. The number of ether oxygens (including phenoxy) is 1. The van der Waals surface area contributed by atoms with Gasteiger partial charge in [0.2, 0.25) is 0 Å². The zero-order valence-corrected chi connectivity index (χ0v) is 11.2. The van der Waals surface area contributed by atoms with Crippen LogP contribution < -0.4 is 5.32 Å². The molecule has 0 aromatic carbocycles. The van der Waals surface area contributed by atoms with Crippen LogP contribution in [0.15, 0.2) is 0 Å². The maximum absolute atomic E-state index is 11.4. The van der Waals surface area contributed by atoms with Gasteiger partial charge in [-0.2, -0.15) is 0 Å². The van der Waals surface area contributed by atoms with Gasteiger partial charge in [-0.15, -0.1) is 0 Å². The summed E-state index contributed by atoms with van der Waals surface area (Å²) in [5.41, 5.74) is 0. The number of quaternary nitrogens is 1. The molecule has 0 rings (SSSR count). The number of amides is 1. The van der Waals surface area contributed by atoms with E-state index in [4.69, 9.17) is 9.84 Å². The number of carboxylic acids is 1. The van der Waals surface area contributed by atoms with E-state index >= 15 is 0 Å². The lowest BCUT2D eigenvalue weighted by atomic mass is 10.2. The molecule has 17 heavy (non-hydrogen) atoms. The van der Waals surface area contributed by atoms with Crippen molar-refractivity contribution in [1.82, 2.24) is 5.32 Å². The molecule has 0 aliphatic heterocycles. The van der Waals surface area contributed by atoms with E-state index < -0.39 is 18.2 Å². The van der Waals surface area contributed by atoms with Gasteiger partial charge in [-0.1, -0.05) is 0 Å². The summed E-state index contributed by atoms with van der Waals surface area (Å²) in [6.07, 6.45) is -1.37. The number of hydrogen-bond acceptors (Lipinski definition) is 3. The third-order valence-electron chi connectivity index (χ3n) is 1.83. The predicted octanol–water partition coefficient (Wildman–Crippen LogP) is 0.671. The molecule has 1 atom stereocenters. The first kappa shape index (κ1) is 15.7. The van der Waals surface area contributed by atoms with E-state index in [0.29, 0.717) is 11.0 Å². The highest BCUT2D eigenvalue weighted by Crippen LogP contribution is 2.05. The first-order chi connectivity index (χ1) is 7.60. The van der Waals surface area contributed by atoms with Crippen LogP contribution in [-0.4, -0.2) is 61.5 Å². The zero-order chi connectivity index (χ0) is 13.6. The van der Waals surface area contributed by atoms with Gasteiger partial charge in [-0.05, 0) is 13.8 Å². The van der Waals surface area contributed by atoms with Crippen molar-refractivity contribution >= 4 is 12.1 Å². The van der Waals surface area contributed by atoms with Crippen LogP contribution in [0.25, 0.3) is 0 Å². The summed E-state index contributed by atoms with van der Waals surface area (Å²) in [5.74, 6) is -0.971. The number of hydrogen-bond donors (Lipinski definition) is 2. The monoisotopic (exact) mass is 247 g/mol. The SMILES string of the molecule is CC(C)NC(=O)O[C@@H](CC(=O)O)C[N+](C)(C)C. The van der Waals surface area contributed by atoms with Crippen molar-refractivity contribution in [1.29, 1.82) is 0 Å². The fourth-order valence-corrected chi connectivity index (χ4v) is 1.37. The molecule has 0 aliphatic carbocycles. The summed E-state index contributed by atoms with van der Waals surface area (Å²) in [6.45, 7) is 4.08. The van der Waals surface area contributed by atoms with Crippen LogP contribution in [0.2, 0.25) is 0 Å². The molecular formula is C11H23N2O4+. The largest absolute Gasteiger partial charge is 0.481 e. The quantitative estimate of drug-likeness (QED) is 0.676. The van der Waals surface area contributed by atoms with Crippen molar-refractivity contribution in [3.63, 3.8) is 0 Å². The van der Waals surface area contributed by atoms with Crippen molar-refractivity contribution in [2.24, 2.45) is 0 Å². The Kier molecular flexibility index (Phi) is 5.95. The number of aliphatic carboxylic acids is 1. The molecule has 1 amide bonds. The van der Waals surface area contributed by atoms with Gasteiger partial charge < -0.3 is 19.6 Å². The molecule has 0 saturated carbocycles. The second kappa shape index (κ2) is 6.44. The van der Waals surface area contributed by atoms with Crippen LogP contribution >= 0.6 is 0 Å². The maximum Gasteiger partial charge on any atom is 0.407 e. The molecule has 2 N–H and O–H groups in total. The second-order valence-corrected chi connectivity index (χ2v) is 5.40. The highest BCUT2D eigenvalue weighted by molar-refractivity contribution is 5.70. The molecular weight excluding hydrogens is 224 g/mol. The molecule has 0 spiro atoms. The molecule has 6 heteroatoms. The molecule has 100 valence electrons. The number of rotatable bonds is 6. The van der Waals surface area contributed by atoms with Gasteiger partial charge in [0.05, 0.1) is 27.6 Å². The average molecular weight is 247 g/mol.